The molecule has 5 nitrogen and oxygen atoms in total. The van der Waals surface area contributed by atoms with Gasteiger partial charge < -0.3 is 9.84 Å². The summed E-state index contributed by atoms with van der Waals surface area (Å²) in [5, 5.41) is 12.5. The molecule has 0 fully saturated rings. The quantitative estimate of drug-likeness (QED) is 0.649. The SMILES string of the molecule is COc1ccccc1C1C(C(=O)c2cccs2)=C(O)C(=O)N1c1ccccc1. The Bertz CT molecular complexity index is 1060. The number of hydrogen-bond acceptors (Lipinski definition) is 5. The molecule has 1 unspecified atom stereocenters. The van der Waals surface area contributed by atoms with Crippen LogP contribution in [-0.4, -0.2) is 23.9 Å². The van der Waals surface area contributed by atoms with Gasteiger partial charge in [0.15, 0.2) is 5.76 Å². The zero-order valence-electron chi connectivity index (χ0n) is 15.0. The van der Waals surface area contributed by atoms with E-state index in [-0.39, 0.29) is 11.4 Å². The number of thiophene rings is 1. The first-order valence-electron chi connectivity index (χ1n) is 8.66. The Labute approximate surface area is 166 Å². The molecule has 0 spiro atoms. The highest BCUT2D eigenvalue weighted by molar-refractivity contribution is 7.12. The summed E-state index contributed by atoms with van der Waals surface area (Å²) in [6.07, 6.45) is 0. The molecule has 1 aliphatic heterocycles. The number of carbonyl (C=O) groups is 2. The van der Waals surface area contributed by atoms with Crippen molar-refractivity contribution in [1.82, 2.24) is 0 Å². The molecule has 1 aliphatic rings. The van der Waals surface area contributed by atoms with Crippen LogP contribution in [0.3, 0.4) is 0 Å². The summed E-state index contributed by atoms with van der Waals surface area (Å²) < 4.78 is 5.48. The van der Waals surface area contributed by atoms with Crippen LogP contribution >= 0.6 is 11.3 Å². The first kappa shape index (κ1) is 18.0. The number of ether oxygens (including phenoxy) is 1. The van der Waals surface area contributed by atoms with Crippen LogP contribution in [0.4, 0.5) is 5.69 Å². The Morgan fingerprint density at radius 1 is 1.04 bits per heavy atom. The largest absolute Gasteiger partial charge is 0.503 e. The number of Topliss-reactive ketones (excluding diaryl/α,β-unsaturated/α-hetero) is 1. The summed E-state index contributed by atoms with van der Waals surface area (Å²) in [6.45, 7) is 0. The van der Waals surface area contributed by atoms with E-state index in [1.54, 1.807) is 53.9 Å². The highest BCUT2D eigenvalue weighted by Crippen LogP contribution is 2.44. The number of rotatable bonds is 5. The zero-order valence-corrected chi connectivity index (χ0v) is 15.8. The molecule has 0 aliphatic carbocycles. The van der Waals surface area contributed by atoms with Crippen LogP contribution in [0.5, 0.6) is 5.75 Å². The Kier molecular flexibility index (Phi) is 4.71. The Balaban J connectivity index is 1.93. The summed E-state index contributed by atoms with van der Waals surface area (Å²) in [5.41, 5.74) is 1.27. The monoisotopic (exact) mass is 391 g/mol. The number of ketones is 1. The predicted molar refractivity (Wildman–Crippen MR) is 108 cm³/mol. The smallest absolute Gasteiger partial charge is 0.294 e. The number of hydrogen-bond donors (Lipinski definition) is 1. The van der Waals surface area contributed by atoms with E-state index in [4.69, 9.17) is 4.74 Å². The van der Waals surface area contributed by atoms with E-state index in [0.29, 0.717) is 21.9 Å². The van der Waals surface area contributed by atoms with Crippen LogP contribution in [0.2, 0.25) is 0 Å². The van der Waals surface area contributed by atoms with Crippen LogP contribution in [-0.2, 0) is 4.79 Å². The lowest BCUT2D eigenvalue weighted by atomic mass is 9.94. The van der Waals surface area contributed by atoms with Crippen LogP contribution in [0.15, 0.2) is 83.4 Å². The van der Waals surface area contributed by atoms with Gasteiger partial charge in [0, 0.05) is 11.3 Å². The molecule has 0 saturated carbocycles. The Morgan fingerprint density at radius 3 is 2.43 bits per heavy atom. The average Bonchev–Trinajstić information content (AvgIpc) is 3.36. The standard InChI is InChI=1S/C22H17NO4S/c1-27-16-11-6-5-10-15(16)19-18(20(24)17-12-7-13-28-17)21(25)22(26)23(19)14-8-3-2-4-9-14/h2-13,19,25H,1H3. The third kappa shape index (κ3) is 2.88. The van der Waals surface area contributed by atoms with Crippen LogP contribution < -0.4 is 9.64 Å². The minimum absolute atomic E-state index is 0.0563. The molecule has 2 heterocycles. The number of methoxy groups -OCH3 is 1. The van der Waals surface area contributed by atoms with E-state index >= 15 is 0 Å². The van der Waals surface area contributed by atoms with Crippen molar-refractivity contribution in [2.24, 2.45) is 0 Å². The van der Waals surface area contributed by atoms with Gasteiger partial charge in [-0.1, -0.05) is 42.5 Å². The lowest BCUT2D eigenvalue weighted by molar-refractivity contribution is -0.117. The topological polar surface area (TPSA) is 66.8 Å². The van der Waals surface area contributed by atoms with Gasteiger partial charge in [0.25, 0.3) is 5.91 Å². The first-order chi connectivity index (χ1) is 13.6. The molecular formula is C22H17NO4S. The summed E-state index contributed by atoms with van der Waals surface area (Å²) in [7, 11) is 1.53. The molecule has 1 atom stereocenters. The fraction of sp³-hybridized carbons (Fsp3) is 0.0909. The van der Waals surface area contributed by atoms with Gasteiger partial charge in [-0.3, -0.25) is 14.5 Å². The fourth-order valence-electron chi connectivity index (χ4n) is 3.42. The van der Waals surface area contributed by atoms with Gasteiger partial charge in [0.1, 0.15) is 5.75 Å². The normalized spacial score (nSPS) is 16.5. The van der Waals surface area contributed by atoms with E-state index in [9.17, 15) is 14.7 Å². The van der Waals surface area contributed by atoms with Gasteiger partial charge in [-0.25, -0.2) is 0 Å². The molecular weight excluding hydrogens is 374 g/mol. The van der Waals surface area contributed by atoms with Crippen molar-refractivity contribution in [2.45, 2.75) is 6.04 Å². The minimum atomic E-state index is -0.791. The maximum absolute atomic E-state index is 13.2. The lowest BCUT2D eigenvalue weighted by Gasteiger charge is -2.27. The van der Waals surface area contributed by atoms with E-state index in [0.717, 1.165) is 0 Å². The Hall–Kier alpha value is -3.38. The van der Waals surface area contributed by atoms with Crippen molar-refractivity contribution >= 4 is 28.7 Å². The van der Waals surface area contributed by atoms with Crippen LogP contribution in [0, 0.1) is 0 Å². The van der Waals surface area contributed by atoms with Crippen LogP contribution in [0.25, 0.3) is 0 Å². The average molecular weight is 391 g/mol. The number of carbonyl (C=O) groups excluding carboxylic acids is 2. The van der Waals surface area contributed by atoms with E-state index in [1.807, 2.05) is 18.2 Å². The van der Waals surface area contributed by atoms with E-state index < -0.39 is 17.7 Å². The Morgan fingerprint density at radius 2 is 1.75 bits per heavy atom. The zero-order chi connectivity index (χ0) is 19.7. The van der Waals surface area contributed by atoms with E-state index in [1.165, 1.54) is 23.3 Å². The molecule has 6 heteroatoms. The molecule has 28 heavy (non-hydrogen) atoms. The van der Waals surface area contributed by atoms with Gasteiger partial charge in [-0.05, 0) is 29.6 Å². The maximum Gasteiger partial charge on any atom is 0.294 e. The number of anilines is 1. The molecule has 1 N–H and O–H groups in total. The molecule has 4 rings (SSSR count). The van der Waals surface area contributed by atoms with E-state index in [2.05, 4.69) is 0 Å². The molecule has 0 bridgehead atoms. The first-order valence-corrected chi connectivity index (χ1v) is 9.54. The van der Waals surface area contributed by atoms with Gasteiger partial charge in [0.2, 0.25) is 5.78 Å². The molecule has 0 saturated heterocycles. The van der Waals surface area contributed by atoms with Crippen molar-refractivity contribution < 1.29 is 19.4 Å². The van der Waals surface area contributed by atoms with Gasteiger partial charge >= 0.3 is 0 Å². The molecule has 140 valence electrons. The summed E-state index contributed by atoms with van der Waals surface area (Å²) >= 11 is 1.27. The van der Waals surface area contributed by atoms with Gasteiger partial charge in [-0.15, -0.1) is 11.3 Å². The highest BCUT2D eigenvalue weighted by atomic mass is 32.1. The third-order valence-electron chi connectivity index (χ3n) is 4.67. The number of aliphatic hydroxyl groups is 1. The van der Waals surface area contributed by atoms with Crippen LogP contribution in [0.1, 0.15) is 21.3 Å². The second-order valence-electron chi connectivity index (χ2n) is 6.22. The molecule has 3 aromatic rings. The number of aliphatic hydroxyl groups excluding tert-OH is 1. The van der Waals surface area contributed by atoms with Crippen molar-refractivity contribution in [3.05, 3.63) is 93.9 Å². The van der Waals surface area contributed by atoms with Crippen molar-refractivity contribution in [1.29, 1.82) is 0 Å². The molecule has 2 aromatic carbocycles. The number of amides is 1. The van der Waals surface area contributed by atoms with Gasteiger partial charge in [-0.2, -0.15) is 0 Å². The summed E-state index contributed by atoms with van der Waals surface area (Å²) in [6, 6.07) is 18.8. The molecule has 0 radical (unpaired) electrons. The van der Waals surface area contributed by atoms with Crippen molar-refractivity contribution in [3.8, 4) is 5.75 Å². The lowest BCUT2D eigenvalue weighted by Crippen LogP contribution is -2.31. The second-order valence-corrected chi connectivity index (χ2v) is 7.17. The molecule has 1 aromatic heterocycles. The molecule has 1 amide bonds. The summed E-state index contributed by atoms with van der Waals surface area (Å²) in [5.74, 6) is -0.970. The second kappa shape index (κ2) is 7.32. The number of nitrogens with zero attached hydrogens (tertiary/aromatic N) is 1. The predicted octanol–water partition coefficient (Wildman–Crippen LogP) is 4.54. The van der Waals surface area contributed by atoms with Crippen molar-refractivity contribution in [3.63, 3.8) is 0 Å². The third-order valence-corrected chi connectivity index (χ3v) is 5.53. The highest BCUT2D eigenvalue weighted by Gasteiger charge is 2.45. The minimum Gasteiger partial charge on any atom is -0.503 e. The number of benzene rings is 2. The summed E-state index contributed by atoms with van der Waals surface area (Å²) in [4.78, 5) is 28.1. The van der Waals surface area contributed by atoms with Gasteiger partial charge in [0.05, 0.1) is 23.6 Å². The van der Waals surface area contributed by atoms with Crippen molar-refractivity contribution in [2.75, 3.05) is 12.0 Å². The number of para-hydroxylation sites is 2. The maximum atomic E-state index is 13.2. The fourth-order valence-corrected chi connectivity index (χ4v) is 4.10.